The number of hydrogen-bond acceptors (Lipinski definition) is 2. The van der Waals surface area contributed by atoms with Crippen LogP contribution in [0.5, 0.6) is 0 Å². The van der Waals surface area contributed by atoms with Gasteiger partial charge in [0.15, 0.2) is 0 Å². The van der Waals surface area contributed by atoms with Gasteiger partial charge in [-0.15, -0.1) is 0 Å². The van der Waals surface area contributed by atoms with Crippen LogP contribution >= 0.6 is 0 Å². The first-order valence-corrected chi connectivity index (χ1v) is 11.3. The minimum absolute atomic E-state index is 0.108. The molecule has 2 aliphatic rings. The van der Waals surface area contributed by atoms with Crippen LogP contribution < -0.4 is 10.2 Å². The monoisotopic (exact) mass is 421 g/mol. The number of carbonyl (C=O) groups excluding carboxylic acids is 1. The largest absolute Gasteiger partial charge is 0.344 e. The number of carbonyl (C=O) groups is 1. The number of amides is 1. The SMILES string of the molecule is Cn1c2ccccc2c2cc(/C=C\[C@@]34NC(=O)CCN3c3ccccc3C4(C)C)ccc21. The summed E-state index contributed by atoms with van der Waals surface area (Å²) < 4.78 is 2.25. The Morgan fingerprint density at radius 2 is 1.69 bits per heavy atom. The van der Waals surface area contributed by atoms with E-state index in [4.69, 9.17) is 0 Å². The van der Waals surface area contributed by atoms with Crippen molar-refractivity contribution in [1.82, 2.24) is 9.88 Å². The molecule has 0 saturated carbocycles. The molecular formula is C28H27N3O. The predicted molar refractivity (Wildman–Crippen MR) is 132 cm³/mol. The summed E-state index contributed by atoms with van der Waals surface area (Å²) in [6, 6.07) is 23.7. The zero-order chi connectivity index (χ0) is 22.1. The third-order valence-corrected chi connectivity index (χ3v) is 7.59. The summed E-state index contributed by atoms with van der Waals surface area (Å²) in [5.41, 5.74) is 5.24. The summed E-state index contributed by atoms with van der Waals surface area (Å²) in [4.78, 5) is 15.0. The second-order valence-corrected chi connectivity index (χ2v) is 9.54. The van der Waals surface area contributed by atoms with Crippen LogP contribution in [-0.4, -0.2) is 22.7 Å². The van der Waals surface area contributed by atoms with Gasteiger partial charge in [0.1, 0.15) is 5.66 Å². The van der Waals surface area contributed by atoms with Crippen molar-refractivity contribution in [2.45, 2.75) is 31.3 Å². The number of rotatable bonds is 2. The summed E-state index contributed by atoms with van der Waals surface area (Å²) >= 11 is 0. The van der Waals surface area contributed by atoms with Gasteiger partial charge in [-0.1, -0.05) is 62.4 Å². The molecule has 2 aliphatic heterocycles. The van der Waals surface area contributed by atoms with Gasteiger partial charge >= 0.3 is 0 Å². The van der Waals surface area contributed by atoms with Crippen molar-refractivity contribution in [3.05, 3.63) is 83.9 Å². The van der Waals surface area contributed by atoms with Crippen LogP contribution in [0.4, 0.5) is 5.69 Å². The van der Waals surface area contributed by atoms with Crippen LogP contribution in [0.25, 0.3) is 27.9 Å². The fourth-order valence-corrected chi connectivity index (χ4v) is 5.83. The van der Waals surface area contributed by atoms with E-state index >= 15 is 0 Å². The lowest BCUT2D eigenvalue weighted by Crippen LogP contribution is -2.68. The van der Waals surface area contributed by atoms with Crippen molar-refractivity contribution in [3.8, 4) is 0 Å². The van der Waals surface area contributed by atoms with E-state index < -0.39 is 5.66 Å². The lowest BCUT2D eigenvalue weighted by Gasteiger charge is -2.49. The van der Waals surface area contributed by atoms with E-state index in [-0.39, 0.29) is 11.3 Å². The molecule has 0 unspecified atom stereocenters. The molecule has 4 nitrogen and oxygen atoms in total. The molecule has 4 heteroatoms. The summed E-state index contributed by atoms with van der Waals surface area (Å²) in [5, 5.41) is 5.88. The highest BCUT2D eigenvalue weighted by Crippen LogP contribution is 2.52. The Morgan fingerprint density at radius 3 is 2.56 bits per heavy atom. The first kappa shape index (κ1) is 19.2. The lowest BCUT2D eigenvalue weighted by atomic mass is 9.74. The fourth-order valence-electron chi connectivity index (χ4n) is 5.83. The van der Waals surface area contributed by atoms with Crippen LogP contribution in [0, 0.1) is 0 Å². The molecule has 1 fully saturated rings. The molecule has 6 rings (SSSR count). The van der Waals surface area contributed by atoms with E-state index in [1.54, 1.807) is 0 Å². The number of fused-ring (bicyclic) bond motifs is 6. The fraction of sp³-hybridized carbons (Fsp3) is 0.250. The number of benzene rings is 3. The molecule has 0 spiro atoms. The molecular weight excluding hydrogens is 394 g/mol. The molecule has 4 aromatic rings. The zero-order valence-corrected chi connectivity index (χ0v) is 18.7. The number of anilines is 1. The molecule has 0 aliphatic carbocycles. The van der Waals surface area contributed by atoms with Crippen molar-refractivity contribution in [2.24, 2.45) is 7.05 Å². The summed E-state index contributed by atoms with van der Waals surface area (Å²) in [7, 11) is 2.12. The molecule has 32 heavy (non-hydrogen) atoms. The average molecular weight is 422 g/mol. The maximum atomic E-state index is 12.6. The molecule has 0 bridgehead atoms. The minimum Gasteiger partial charge on any atom is -0.344 e. The first-order valence-electron chi connectivity index (χ1n) is 11.3. The number of para-hydroxylation sites is 2. The molecule has 160 valence electrons. The molecule has 3 aromatic carbocycles. The summed E-state index contributed by atoms with van der Waals surface area (Å²) in [6.45, 7) is 5.18. The number of aromatic nitrogens is 1. The summed E-state index contributed by atoms with van der Waals surface area (Å²) in [5.74, 6) is 0.108. The van der Waals surface area contributed by atoms with E-state index in [1.165, 1.54) is 33.1 Å². The Morgan fingerprint density at radius 1 is 0.938 bits per heavy atom. The van der Waals surface area contributed by atoms with Gasteiger partial charge < -0.3 is 14.8 Å². The third kappa shape index (κ3) is 2.41. The lowest BCUT2D eigenvalue weighted by molar-refractivity contribution is -0.124. The third-order valence-electron chi connectivity index (χ3n) is 7.59. The zero-order valence-electron chi connectivity index (χ0n) is 18.7. The van der Waals surface area contributed by atoms with E-state index in [2.05, 4.69) is 115 Å². The van der Waals surface area contributed by atoms with Gasteiger partial charge in [0, 0.05) is 52.9 Å². The van der Waals surface area contributed by atoms with Gasteiger partial charge in [-0.2, -0.15) is 0 Å². The predicted octanol–water partition coefficient (Wildman–Crippen LogP) is 5.36. The van der Waals surface area contributed by atoms with Crippen LogP contribution in [0.2, 0.25) is 0 Å². The normalized spacial score (nSPS) is 21.8. The van der Waals surface area contributed by atoms with Gasteiger partial charge in [-0.25, -0.2) is 0 Å². The van der Waals surface area contributed by atoms with Crippen LogP contribution in [0.3, 0.4) is 0 Å². The minimum atomic E-state index is -0.584. The number of aryl methyl sites for hydroxylation is 1. The van der Waals surface area contributed by atoms with Gasteiger partial charge in [0.05, 0.1) is 0 Å². The van der Waals surface area contributed by atoms with Gasteiger partial charge in [0.2, 0.25) is 5.91 Å². The number of nitrogens with zero attached hydrogens (tertiary/aromatic N) is 2. The van der Waals surface area contributed by atoms with Gasteiger partial charge in [0.25, 0.3) is 0 Å². The molecule has 1 aromatic heterocycles. The summed E-state index contributed by atoms with van der Waals surface area (Å²) in [6.07, 6.45) is 4.89. The first-order chi connectivity index (χ1) is 15.4. The van der Waals surface area contributed by atoms with Crippen LogP contribution in [0.1, 0.15) is 31.4 Å². The molecule has 0 radical (unpaired) electrons. The smallest absolute Gasteiger partial charge is 0.223 e. The van der Waals surface area contributed by atoms with Crippen molar-refractivity contribution in [2.75, 3.05) is 11.4 Å². The van der Waals surface area contributed by atoms with E-state index in [1.807, 2.05) is 0 Å². The Hall–Kier alpha value is -3.53. The number of hydrogen-bond donors (Lipinski definition) is 1. The quantitative estimate of drug-likeness (QED) is 0.473. The van der Waals surface area contributed by atoms with Crippen molar-refractivity contribution in [1.29, 1.82) is 0 Å². The maximum absolute atomic E-state index is 12.6. The highest BCUT2D eigenvalue weighted by Gasteiger charge is 2.57. The van der Waals surface area contributed by atoms with Gasteiger partial charge in [-0.05, 0) is 41.5 Å². The Bertz CT molecular complexity index is 1430. The molecule has 1 amide bonds. The van der Waals surface area contributed by atoms with Crippen molar-refractivity contribution >= 4 is 39.5 Å². The second kappa shape index (κ2) is 6.49. The van der Waals surface area contributed by atoms with Crippen LogP contribution in [0.15, 0.2) is 72.8 Å². The van der Waals surface area contributed by atoms with E-state index in [0.717, 1.165) is 12.1 Å². The Labute approximate surface area is 188 Å². The molecule has 1 saturated heterocycles. The van der Waals surface area contributed by atoms with E-state index in [9.17, 15) is 4.79 Å². The van der Waals surface area contributed by atoms with E-state index in [0.29, 0.717) is 6.42 Å². The highest BCUT2D eigenvalue weighted by molar-refractivity contribution is 6.08. The number of nitrogens with one attached hydrogen (secondary N) is 1. The maximum Gasteiger partial charge on any atom is 0.223 e. The Balaban J connectivity index is 1.49. The van der Waals surface area contributed by atoms with Crippen LogP contribution in [-0.2, 0) is 17.3 Å². The van der Waals surface area contributed by atoms with Gasteiger partial charge in [-0.3, -0.25) is 4.79 Å². The second-order valence-electron chi connectivity index (χ2n) is 9.54. The molecule has 3 heterocycles. The topological polar surface area (TPSA) is 37.3 Å². The van der Waals surface area contributed by atoms with Crippen molar-refractivity contribution < 1.29 is 4.79 Å². The standard InChI is InChI=1S/C28H27N3O/c1-27(2)22-9-5-7-11-25(22)31-17-15-26(32)29-28(27,31)16-14-19-12-13-24-21(18-19)20-8-4-6-10-23(20)30(24)3/h4-14,16,18H,15,17H2,1-3H3,(H,29,32)/b16-14-/t28-/m1/s1. The highest BCUT2D eigenvalue weighted by atomic mass is 16.2. The Kier molecular flexibility index (Phi) is 3.89. The average Bonchev–Trinajstić information content (AvgIpc) is 3.19. The molecule has 1 N–H and O–H groups in total. The van der Waals surface area contributed by atoms with Crippen molar-refractivity contribution in [3.63, 3.8) is 0 Å². The molecule has 1 atom stereocenters.